The lowest BCUT2D eigenvalue weighted by atomic mass is 9.99. The van der Waals surface area contributed by atoms with Crippen molar-refractivity contribution >= 4 is 17.3 Å². The monoisotopic (exact) mass is 339 g/mol. The molecule has 5 nitrogen and oxygen atoms in total. The first-order valence-corrected chi connectivity index (χ1v) is 8.88. The van der Waals surface area contributed by atoms with Crippen molar-refractivity contribution in [2.75, 3.05) is 23.9 Å². The Morgan fingerprint density at radius 3 is 3.00 bits per heavy atom. The summed E-state index contributed by atoms with van der Waals surface area (Å²) in [6.45, 7) is 3.25. The number of aromatic nitrogens is 1. The van der Waals surface area contributed by atoms with Gasteiger partial charge in [-0.15, -0.1) is 0 Å². The largest absolute Gasteiger partial charge is 0.497 e. The molecule has 1 fully saturated rings. The summed E-state index contributed by atoms with van der Waals surface area (Å²) in [6.07, 6.45) is 8.26. The van der Waals surface area contributed by atoms with Crippen molar-refractivity contribution in [3.63, 3.8) is 0 Å². The molecule has 1 saturated heterocycles. The van der Waals surface area contributed by atoms with Crippen molar-refractivity contribution in [3.8, 4) is 5.75 Å². The van der Waals surface area contributed by atoms with Crippen LogP contribution in [0.1, 0.15) is 43.0 Å². The molecule has 1 aromatic heterocycles. The van der Waals surface area contributed by atoms with Crippen molar-refractivity contribution in [2.45, 2.75) is 38.6 Å². The maximum atomic E-state index is 12.6. The van der Waals surface area contributed by atoms with Gasteiger partial charge in [-0.25, -0.2) is 0 Å². The van der Waals surface area contributed by atoms with Crippen LogP contribution in [0.4, 0.5) is 11.4 Å². The van der Waals surface area contributed by atoms with Gasteiger partial charge in [-0.2, -0.15) is 0 Å². The number of piperidine rings is 1. The topological polar surface area (TPSA) is 54.5 Å². The molecule has 1 aromatic carbocycles. The van der Waals surface area contributed by atoms with Crippen LogP contribution >= 0.6 is 0 Å². The molecular formula is C20H25N3O2. The van der Waals surface area contributed by atoms with E-state index in [9.17, 15) is 4.79 Å². The molecule has 1 atom stereocenters. The van der Waals surface area contributed by atoms with E-state index < -0.39 is 0 Å². The second kappa shape index (κ2) is 8.01. The van der Waals surface area contributed by atoms with E-state index in [1.165, 1.54) is 19.3 Å². The summed E-state index contributed by atoms with van der Waals surface area (Å²) in [5.41, 5.74) is 2.31. The molecule has 132 valence electrons. The van der Waals surface area contributed by atoms with E-state index in [0.29, 0.717) is 23.0 Å². The highest BCUT2D eigenvalue weighted by Crippen LogP contribution is 2.27. The van der Waals surface area contributed by atoms with Gasteiger partial charge in [0.25, 0.3) is 5.91 Å². The zero-order valence-electron chi connectivity index (χ0n) is 14.9. The summed E-state index contributed by atoms with van der Waals surface area (Å²) in [5, 5.41) is 2.91. The van der Waals surface area contributed by atoms with Crippen molar-refractivity contribution in [1.29, 1.82) is 0 Å². The number of hydrogen-bond acceptors (Lipinski definition) is 4. The Kier molecular flexibility index (Phi) is 5.53. The van der Waals surface area contributed by atoms with Gasteiger partial charge in [-0.3, -0.25) is 9.78 Å². The highest BCUT2D eigenvalue weighted by atomic mass is 16.5. The third-order valence-corrected chi connectivity index (χ3v) is 4.74. The fourth-order valence-electron chi connectivity index (χ4n) is 3.38. The predicted octanol–water partition coefficient (Wildman–Crippen LogP) is 4.11. The Morgan fingerprint density at radius 2 is 2.20 bits per heavy atom. The summed E-state index contributed by atoms with van der Waals surface area (Å²) >= 11 is 0. The number of methoxy groups -OCH3 is 1. The number of carbonyl (C=O) groups excluding carboxylic acids is 1. The minimum atomic E-state index is -0.160. The first kappa shape index (κ1) is 17.3. The quantitative estimate of drug-likeness (QED) is 0.890. The van der Waals surface area contributed by atoms with Gasteiger partial charge in [0.15, 0.2) is 0 Å². The molecule has 0 radical (unpaired) electrons. The van der Waals surface area contributed by atoms with Crippen LogP contribution in [0.5, 0.6) is 5.75 Å². The first-order valence-electron chi connectivity index (χ1n) is 8.88. The number of anilines is 2. The molecule has 0 aliphatic carbocycles. The number of rotatable bonds is 5. The van der Waals surface area contributed by atoms with Crippen LogP contribution in [0.3, 0.4) is 0 Å². The number of nitrogens with zero attached hydrogens (tertiary/aromatic N) is 2. The molecule has 1 unspecified atom stereocenters. The van der Waals surface area contributed by atoms with Crippen LogP contribution in [-0.4, -0.2) is 30.6 Å². The fourth-order valence-corrected chi connectivity index (χ4v) is 3.38. The second-order valence-electron chi connectivity index (χ2n) is 6.37. The predicted molar refractivity (Wildman–Crippen MR) is 100 cm³/mol. The van der Waals surface area contributed by atoms with Crippen molar-refractivity contribution in [3.05, 3.63) is 48.3 Å². The summed E-state index contributed by atoms with van der Waals surface area (Å²) in [4.78, 5) is 19.3. The Morgan fingerprint density at radius 1 is 1.32 bits per heavy atom. The molecule has 1 N–H and O–H groups in total. The Hall–Kier alpha value is -2.56. The average Bonchev–Trinajstić information content (AvgIpc) is 2.68. The van der Waals surface area contributed by atoms with Gasteiger partial charge in [-0.1, -0.05) is 13.0 Å². The van der Waals surface area contributed by atoms with Gasteiger partial charge >= 0.3 is 0 Å². The number of benzene rings is 1. The van der Waals surface area contributed by atoms with Gasteiger partial charge in [0.1, 0.15) is 5.75 Å². The summed E-state index contributed by atoms with van der Waals surface area (Å²) in [5.74, 6) is 0.552. The van der Waals surface area contributed by atoms with Crippen molar-refractivity contribution in [1.82, 2.24) is 4.98 Å². The van der Waals surface area contributed by atoms with Crippen LogP contribution in [0.25, 0.3) is 0 Å². The zero-order chi connectivity index (χ0) is 17.6. The third-order valence-electron chi connectivity index (χ3n) is 4.74. The van der Waals surface area contributed by atoms with E-state index >= 15 is 0 Å². The number of nitrogens with one attached hydrogen (secondary N) is 1. The SMILES string of the molecule is CCC1CCCCN1c1cncc(C(=O)Nc2cccc(OC)c2)c1. The first-order chi connectivity index (χ1) is 12.2. The maximum Gasteiger partial charge on any atom is 0.257 e. The van der Waals surface area contributed by atoms with Gasteiger partial charge in [0.2, 0.25) is 0 Å². The van der Waals surface area contributed by atoms with Crippen LogP contribution in [0.2, 0.25) is 0 Å². The normalized spacial score (nSPS) is 17.2. The smallest absolute Gasteiger partial charge is 0.257 e. The highest BCUT2D eigenvalue weighted by Gasteiger charge is 2.22. The number of ether oxygens (including phenoxy) is 1. The fraction of sp³-hybridized carbons (Fsp3) is 0.400. The van der Waals surface area contributed by atoms with Crippen LogP contribution in [-0.2, 0) is 0 Å². The molecule has 1 amide bonds. The lowest BCUT2D eigenvalue weighted by Gasteiger charge is -2.37. The van der Waals surface area contributed by atoms with E-state index in [1.807, 2.05) is 30.5 Å². The molecule has 25 heavy (non-hydrogen) atoms. The molecule has 0 saturated carbocycles. The maximum absolute atomic E-state index is 12.6. The Balaban J connectivity index is 1.77. The molecule has 5 heteroatoms. The van der Waals surface area contributed by atoms with Gasteiger partial charge < -0.3 is 15.0 Å². The second-order valence-corrected chi connectivity index (χ2v) is 6.37. The van der Waals surface area contributed by atoms with E-state index in [4.69, 9.17) is 4.74 Å². The van der Waals surface area contributed by atoms with E-state index in [2.05, 4.69) is 22.1 Å². The highest BCUT2D eigenvalue weighted by molar-refractivity contribution is 6.04. The molecule has 2 aromatic rings. The average molecular weight is 339 g/mol. The van der Waals surface area contributed by atoms with Gasteiger partial charge in [-0.05, 0) is 43.9 Å². The van der Waals surface area contributed by atoms with Crippen LogP contribution in [0.15, 0.2) is 42.7 Å². The van der Waals surface area contributed by atoms with Crippen LogP contribution in [0, 0.1) is 0 Å². The number of carbonyl (C=O) groups is 1. The summed E-state index contributed by atoms with van der Waals surface area (Å²) < 4.78 is 5.19. The standard InChI is InChI=1S/C20H25N3O2/c1-3-17-8-4-5-10-23(17)18-11-15(13-21-14-18)20(24)22-16-7-6-9-19(12-16)25-2/h6-7,9,11-14,17H,3-5,8,10H2,1-2H3,(H,22,24). The third kappa shape index (κ3) is 4.10. The minimum absolute atomic E-state index is 0.160. The molecular weight excluding hydrogens is 314 g/mol. The van der Waals surface area contributed by atoms with E-state index in [1.54, 1.807) is 19.4 Å². The van der Waals surface area contributed by atoms with E-state index in [0.717, 1.165) is 18.7 Å². The lowest BCUT2D eigenvalue weighted by molar-refractivity contribution is 0.102. The molecule has 2 heterocycles. The Bertz CT molecular complexity index is 732. The van der Waals surface area contributed by atoms with Gasteiger partial charge in [0, 0.05) is 30.5 Å². The van der Waals surface area contributed by atoms with Crippen molar-refractivity contribution < 1.29 is 9.53 Å². The molecule has 3 rings (SSSR count). The molecule has 0 bridgehead atoms. The molecule has 0 spiro atoms. The summed E-state index contributed by atoms with van der Waals surface area (Å²) in [6, 6.07) is 9.81. The van der Waals surface area contributed by atoms with E-state index in [-0.39, 0.29) is 5.91 Å². The van der Waals surface area contributed by atoms with Gasteiger partial charge in [0.05, 0.1) is 24.6 Å². The number of hydrogen-bond donors (Lipinski definition) is 1. The van der Waals surface area contributed by atoms with Crippen LogP contribution < -0.4 is 15.0 Å². The molecule has 1 aliphatic heterocycles. The zero-order valence-corrected chi connectivity index (χ0v) is 14.9. The molecule has 1 aliphatic rings. The minimum Gasteiger partial charge on any atom is -0.497 e. The number of pyridine rings is 1. The number of amides is 1. The van der Waals surface area contributed by atoms with Crippen molar-refractivity contribution in [2.24, 2.45) is 0 Å². The Labute approximate surface area is 149 Å². The summed E-state index contributed by atoms with van der Waals surface area (Å²) in [7, 11) is 1.61. The lowest BCUT2D eigenvalue weighted by Crippen LogP contribution is -2.39.